The Bertz CT molecular complexity index is 382. The molecule has 0 bridgehead atoms. The fourth-order valence-electron chi connectivity index (χ4n) is 0.844. The first-order valence-electron chi connectivity index (χ1n) is 3.80. The highest BCUT2D eigenvalue weighted by molar-refractivity contribution is 5.84. The minimum absolute atomic E-state index is 0.000463. The molecular weight excluding hydrogens is 184 g/mol. The summed E-state index contributed by atoms with van der Waals surface area (Å²) in [5.41, 5.74) is 0.306. The Morgan fingerprint density at radius 2 is 2.21 bits per heavy atom. The molecule has 0 heterocycles. The summed E-state index contributed by atoms with van der Waals surface area (Å²) in [7, 11) is 0. The molecule has 1 rings (SSSR count). The molecule has 0 atom stereocenters. The number of carbonyl (C=O) groups is 2. The number of esters is 1. The first-order chi connectivity index (χ1) is 6.67. The van der Waals surface area contributed by atoms with Gasteiger partial charge in [-0.3, -0.25) is 4.79 Å². The van der Waals surface area contributed by atoms with Crippen LogP contribution in [0.3, 0.4) is 0 Å². The third-order valence-electron chi connectivity index (χ3n) is 1.50. The molecule has 0 aromatic heterocycles. The molecule has 0 spiro atoms. The Labute approximate surface area is 80.4 Å². The normalized spacial score (nSPS) is 9.14. The largest absolute Gasteiger partial charge is 0.504 e. The third-order valence-corrected chi connectivity index (χ3v) is 1.50. The third kappa shape index (κ3) is 2.20. The molecule has 0 unspecified atom stereocenters. The van der Waals surface area contributed by atoms with Crippen LogP contribution in [0.4, 0.5) is 0 Å². The van der Waals surface area contributed by atoms with Crippen molar-refractivity contribution in [3.63, 3.8) is 0 Å². The van der Waals surface area contributed by atoms with E-state index < -0.39 is 5.97 Å². The molecule has 0 saturated heterocycles. The Hall–Kier alpha value is -2.10. The van der Waals surface area contributed by atoms with Gasteiger partial charge >= 0.3 is 5.97 Å². The molecule has 0 saturated carbocycles. The van der Waals surface area contributed by atoms with Gasteiger partial charge in [0.15, 0.2) is 11.5 Å². The Morgan fingerprint density at radius 1 is 1.50 bits per heavy atom. The lowest BCUT2D eigenvalue weighted by Crippen LogP contribution is -2.03. The number of phenolic OH excluding ortho intramolecular Hbond substituents is 1. The summed E-state index contributed by atoms with van der Waals surface area (Å²) < 4.78 is 4.67. The lowest BCUT2D eigenvalue weighted by molar-refractivity contribution is -0.129. The van der Waals surface area contributed by atoms with Gasteiger partial charge in [-0.25, -0.2) is 4.79 Å². The number of ether oxygens (including phenoxy) is 1. The second kappa shape index (κ2) is 4.23. The van der Waals surface area contributed by atoms with E-state index in [1.54, 1.807) is 0 Å². The number of carbonyl (C=O) groups excluding carboxylic acids is 2. The first-order valence-corrected chi connectivity index (χ1v) is 3.80. The number of aldehydes is 1. The zero-order valence-corrected chi connectivity index (χ0v) is 7.27. The molecule has 4 nitrogen and oxygen atoms in total. The molecule has 4 heteroatoms. The van der Waals surface area contributed by atoms with Crippen molar-refractivity contribution in [2.45, 2.75) is 0 Å². The SMILES string of the molecule is C=CC(=O)Oc1ccc(C=O)cc1O. The molecule has 0 aliphatic rings. The molecule has 1 aromatic carbocycles. The van der Waals surface area contributed by atoms with Gasteiger partial charge in [0, 0.05) is 11.6 Å². The Morgan fingerprint density at radius 3 is 2.71 bits per heavy atom. The second-order valence-corrected chi connectivity index (χ2v) is 2.47. The number of phenols is 1. The zero-order chi connectivity index (χ0) is 10.6. The number of benzene rings is 1. The molecule has 0 amide bonds. The average Bonchev–Trinajstić information content (AvgIpc) is 2.20. The van der Waals surface area contributed by atoms with Gasteiger partial charge in [-0.15, -0.1) is 0 Å². The van der Waals surface area contributed by atoms with E-state index in [1.807, 2.05) is 0 Å². The molecule has 1 N–H and O–H groups in total. The fraction of sp³-hybridized carbons (Fsp3) is 0. The molecule has 72 valence electrons. The molecule has 14 heavy (non-hydrogen) atoms. The molecule has 0 radical (unpaired) electrons. The summed E-state index contributed by atoms with van der Waals surface area (Å²) in [4.78, 5) is 21.1. The van der Waals surface area contributed by atoms with Crippen molar-refractivity contribution in [1.82, 2.24) is 0 Å². The van der Waals surface area contributed by atoms with Gasteiger partial charge in [-0.1, -0.05) is 6.58 Å². The van der Waals surface area contributed by atoms with E-state index in [4.69, 9.17) is 0 Å². The molecule has 1 aromatic rings. The van der Waals surface area contributed by atoms with Crippen molar-refractivity contribution < 1.29 is 19.4 Å². The van der Waals surface area contributed by atoms with Gasteiger partial charge < -0.3 is 9.84 Å². The summed E-state index contributed by atoms with van der Waals surface area (Å²) in [5, 5.41) is 9.30. The molecular formula is C10H8O4. The maximum absolute atomic E-state index is 10.8. The lowest BCUT2D eigenvalue weighted by atomic mass is 10.2. The van der Waals surface area contributed by atoms with Crippen molar-refractivity contribution in [2.24, 2.45) is 0 Å². The highest BCUT2D eigenvalue weighted by atomic mass is 16.5. The molecule has 0 aliphatic heterocycles. The minimum atomic E-state index is -0.667. The smallest absolute Gasteiger partial charge is 0.335 e. The van der Waals surface area contributed by atoms with E-state index in [0.717, 1.165) is 6.08 Å². The Kier molecular flexibility index (Phi) is 3.01. The van der Waals surface area contributed by atoms with Crippen molar-refractivity contribution in [1.29, 1.82) is 0 Å². The van der Waals surface area contributed by atoms with E-state index in [1.165, 1.54) is 18.2 Å². The standard InChI is InChI=1S/C10H8O4/c1-2-10(13)14-9-4-3-7(6-11)5-8(9)12/h2-6,12H,1H2. The van der Waals surface area contributed by atoms with Crippen LogP contribution < -0.4 is 4.74 Å². The monoisotopic (exact) mass is 192 g/mol. The highest BCUT2D eigenvalue weighted by Gasteiger charge is 2.06. The maximum Gasteiger partial charge on any atom is 0.335 e. The van der Waals surface area contributed by atoms with Gasteiger partial charge in [-0.2, -0.15) is 0 Å². The fourth-order valence-corrected chi connectivity index (χ4v) is 0.844. The van der Waals surface area contributed by atoms with Gasteiger partial charge in [0.2, 0.25) is 0 Å². The molecule has 0 aliphatic carbocycles. The lowest BCUT2D eigenvalue weighted by Gasteiger charge is -2.03. The maximum atomic E-state index is 10.8. The van der Waals surface area contributed by atoms with Crippen molar-refractivity contribution >= 4 is 12.3 Å². The van der Waals surface area contributed by atoms with E-state index in [9.17, 15) is 14.7 Å². The predicted octanol–water partition coefficient (Wildman–Crippen LogP) is 1.30. The zero-order valence-electron chi connectivity index (χ0n) is 7.27. The van der Waals surface area contributed by atoms with Crippen LogP contribution in [-0.2, 0) is 4.79 Å². The summed E-state index contributed by atoms with van der Waals surface area (Å²) >= 11 is 0. The van der Waals surface area contributed by atoms with Gasteiger partial charge in [-0.05, 0) is 18.2 Å². The minimum Gasteiger partial charge on any atom is -0.504 e. The van der Waals surface area contributed by atoms with Crippen molar-refractivity contribution in [3.05, 3.63) is 36.4 Å². The van der Waals surface area contributed by atoms with E-state index in [0.29, 0.717) is 11.8 Å². The summed E-state index contributed by atoms with van der Waals surface area (Å²) in [5.74, 6) is -0.926. The number of hydrogen-bond donors (Lipinski definition) is 1. The van der Waals surface area contributed by atoms with Crippen molar-refractivity contribution in [3.8, 4) is 11.5 Å². The van der Waals surface area contributed by atoms with E-state index in [-0.39, 0.29) is 11.5 Å². The van der Waals surface area contributed by atoms with Crippen LogP contribution >= 0.6 is 0 Å². The van der Waals surface area contributed by atoms with Crippen LogP contribution in [0.2, 0.25) is 0 Å². The molecule has 0 fully saturated rings. The van der Waals surface area contributed by atoms with Crippen LogP contribution in [0.5, 0.6) is 11.5 Å². The van der Waals surface area contributed by atoms with Crippen molar-refractivity contribution in [2.75, 3.05) is 0 Å². The number of rotatable bonds is 3. The van der Waals surface area contributed by atoms with Crippen LogP contribution in [0, 0.1) is 0 Å². The summed E-state index contributed by atoms with van der Waals surface area (Å²) in [6.45, 7) is 3.21. The van der Waals surface area contributed by atoms with Crippen LogP contribution in [0.25, 0.3) is 0 Å². The summed E-state index contributed by atoms with van der Waals surface area (Å²) in [6.07, 6.45) is 1.56. The van der Waals surface area contributed by atoms with E-state index in [2.05, 4.69) is 11.3 Å². The summed E-state index contributed by atoms with van der Waals surface area (Å²) in [6, 6.07) is 3.97. The second-order valence-electron chi connectivity index (χ2n) is 2.47. The number of aromatic hydroxyl groups is 1. The van der Waals surface area contributed by atoms with Gasteiger partial charge in [0.25, 0.3) is 0 Å². The van der Waals surface area contributed by atoms with Crippen LogP contribution in [-0.4, -0.2) is 17.4 Å². The highest BCUT2D eigenvalue weighted by Crippen LogP contribution is 2.26. The van der Waals surface area contributed by atoms with Gasteiger partial charge in [0.1, 0.15) is 6.29 Å². The topological polar surface area (TPSA) is 63.6 Å². The van der Waals surface area contributed by atoms with Crippen LogP contribution in [0.1, 0.15) is 10.4 Å². The first kappa shape index (κ1) is 9.98. The van der Waals surface area contributed by atoms with Crippen LogP contribution in [0.15, 0.2) is 30.9 Å². The predicted molar refractivity (Wildman–Crippen MR) is 49.3 cm³/mol. The number of hydrogen-bond acceptors (Lipinski definition) is 4. The van der Waals surface area contributed by atoms with Gasteiger partial charge in [0.05, 0.1) is 0 Å². The quantitative estimate of drug-likeness (QED) is 0.339. The van der Waals surface area contributed by atoms with E-state index >= 15 is 0 Å². The average molecular weight is 192 g/mol. The Balaban J connectivity index is 2.94.